The highest BCUT2D eigenvalue weighted by atomic mass is 19.4. The van der Waals surface area contributed by atoms with Crippen molar-refractivity contribution in [1.29, 1.82) is 0 Å². The van der Waals surface area contributed by atoms with Crippen LogP contribution in [-0.4, -0.2) is 38.7 Å². The summed E-state index contributed by atoms with van der Waals surface area (Å²) in [7, 11) is 4.90. The number of amides is 2. The Bertz CT molecular complexity index is 866. The lowest BCUT2D eigenvalue weighted by molar-refractivity contribution is -0.136. The van der Waals surface area contributed by atoms with E-state index in [2.05, 4.69) is 5.32 Å². The van der Waals surface area contributed by atoms with Crippen LogP contribution < -0.4 is 15.0 Å². The molecule has 29 heavy (non-hydrogen) atoms. The van der Waals surface area contributed by atoms with Crippen LogP contribution in [0.1, 0.15) is 30.0 Å². The summed E-state index contributed by atoms with van der Waals surface area (Å²) in [5.74, 6) is 0.707. The number of nitrogens with zero attached hydrogens (tertiary/aromatic N) is 2. The van der Waals surface area contributed by atoms with Gasteiger partial charge in [0.1, 0.15) is 5.75 Å². The van der Waals surface area contributed by atoms with E-state index in [0.29, 0.717) is 18.0 Å². The standard InChI is InChI=1S/C21H24F3N3O2/c1-26(2)15-8-11-18(17(13-15)21(22,23)24)25-20(28)27-12-4-5-19(27)14-6-9-16(29-3)10-7-14/h6-11,13,19H,4-5,12H2,1-3H3,(H,25,28). The lowest BCUT2D eigenvalue weighted by Gasteiger charge is -2.26. The fraction of sp³-hybridized carbons (Fsp3) is 0.381. The fourth-order valence-corrected chi connectivity index (χ4v) is 3.52. The third-order valence-electron chi connectivity index (χ3n) is 5.08. The maximum atomic E-state index is 13.5. The molecule has 1 N–H and O–H groups in total. The second kappa shape index (κ2) is 8.23. The first-order chi connectivity index (χ1) is 13.7. The van der Waals surface area contributed by atoms with Crippen LogP contribution in [0.4, 0.5) is 29.3 Å². The van der Waals surface area contributed by atoms with Crippen molar-refractivity contribution in [2.75, 3.05) is 38.0 Å². The molecule has 1 saturated heterocycles. The van der Waals surface area contributed by atoms with Gasteiger partial charge in [0.15, 0.2) is 0 Å². The molecule has 1 heterocycles. The summed E-state index contributed by atoms with van der Waals surface area (Å²) in [4.78, 5) is 16.0. The smallest absolute Gasteiger partial charge is 0.418 e. The molecular weight excluding hydrogens is 383 g/mol. The van der Waals surface area contributed by atoms with Gasteiger partial charge in [0, 0.05) is 26.3 Å². The Hall–Kier alpha value is -2.90. The van der Waals surface area contributed by atoms with Gasteiger partial charge in [-0.05, 0) is 48.7 Å². The molecule has 0 saturated carbocycles. The molecule has 0 aliphatic carbocycles. The molecule has 156 valence electrons. The first kappa shape index (κ1) is 20.8. The minimum atomic E-state index is -4.57. The second-order valence-corrected chi connectivity index (χ2v) is 7.18. The molecule has 2 aromatic carbocycles. The first-order valence-corrected chi connectivity index (χ1v) is 9.31. The number of rotatable bonds is 4. The number of hydrogen-bond acceptors (Lipinski definition) is 3. The van der Waals surface area contributed by atoms with Gasteiger partial charge in [0.05, 0.1) is 24.4 Å². The van der Waals surface area contributed by atoms with Crippen LogP contribution >= 0.6 is 0 Å². The Balaban J connectivity index is 1.83. The van der Waals surface area contributed by atoms with Gasteiger partial charge in [0.25, 0.3) is 0 Å². The zero-order valence-corrected chi connectivity index (χ0v) is 16.6. The van der Waals surface area contributed by atoms with Gasteiger partial charge in [-0.25, -0.2) is 4.79 Å². The Morgan fingerprint density at radius 1 is 1.17 bits per heavy atom. The number of urea groups is 1. The predicted octanol–water partition coefficient (Wildman–Crippen LogP) is 5.15. The van der Waals surface area contributed by atoms with Gasteiger partial charge < -0.3 is 19.9 Å². The number of halogens is 3. The van der Waals surface area contributed by atoms with Crippen LogP contribution in [0.3, 0.4) is 0 Å². The lowest BCUT2D eigenvalue weighted by atomic mass is 10.0. The topological polar surface area (TPSA) is 44.8 Å². The highest BCUT2D eigenvalue weighted by Gasteiger charge is 2.36. The zero-order chi connectivity index (χ0) is 21.2. The molecule has 1 aliphatic rings. The van der Waals surface area contributed by atoms with E-state index in [1.54, 1.807) is 37.1 Å². The monoisotopic (exact) mass is 407 g/mol. The molecule has 2 aromatic rings. The van der Waals surface area contributed by atoms with Gasteiger partial charge in [-0.3, -0.25) is 0 Å². The molecule has 2 amide bonds. The molecular formula is C21H24F3N3O2. The number of likely N-dealkylation sites (tertiary alicyclic amines) is 1. The van der Waals surface area contributed by atoms with Crippen LogP contribution in [0.5, 0.6) is 5.75 Å². The Morgan fingerprint density at radius 3 is 2.45 bits per heavy atom. The molecule has 1 unspecified atom stereocenters. The average Bonchev–Trinajstić information content (AvgIpc) is 3.17. The minimum absolute atomic E-state index is 0.184. The maximum Gasteiger partial charge on any atom is 0.418 e. The highest BCUT2D eigenvalue weighted by Crippen LogP contribution is 2.38. The van der Waals surface area contributed by atoms with Crippen LogP contribution in [0.15, 0.2) is 42.5 Å². The Kier molecular flexibility index (Phi) is 5.91. The van der Waals surface area contributed by atoms with E-state index in [4.69, 9.17) is 4.74 Å². The van der Waals surface area contributed by atoms with Crippen molar-refractivity contribution in [3.8, 4) is 5.75 Å². The van der Waals surface area contributed by atoms with Crippen molar-refractivity contribution in [1.82, 2.24) is 4.90 Å². The van der Waals surface area contributed by atoms with Crippen molar-refractivity contribution >= 4 is 17.4 Å². The summed E-state index contributed by atoms with van der Waals surface area (Å²) in [5, 5.41) is 2.47. The van der Waals surface area contributed by atoms with Crippen molar-refractivity contribution in [3.05, 3.63) is 53.6 Å². The molecule has 0 bridgehead atoms. The summed E-state index contributed by atoms with van der Waals surface area (Å²) >= 11 is 0. The Labute approximate surface area is 168 Å². The number of benzene rings is 2. The molecule has 1 atom stereocenters. The SMILES string of the molecule is COc1ccc(C2CCCN2C(=O)Nc2ccc(N(C)C)cc2C(F)(F)F)cc1. The highest BCUT2D eigenvalue weighted by molar-refractivity contribution is 5.91. The quantitative estimate of drug-likeness (QED) is 0.763. The summed E-state index contributed by atoms with van der Waals surface area (Å²) in [6, 6.07) is 10.6. The van der Waals surface area contributed by atoms with Gasteiger partial charge in [-0.2, -0.15) is 13.2 Å². The average molecular weight is 407 g/mol. The first-order valence-electron chi connectivity index (χ1n) is 9.31. The van der Waals surface area contributed by atoms with Crippen molar-refractivity contribution in [3.63, 3.8) is 0 Å². The third kappa shape index (κ3) is 4.58. The van der Waals surface area contributed by atoms with E-state index >= 15 is 0 Å². The van der Waals surface area contributed by atoms with E-state index < -0.39 is 17.8 Å². The number of alkyl halides is 3. The van der Waals surface area contributed by atoms with E-state index in [9.17, 15) is 18.0 Å². The number of carbonyl (C=O) groups excluding carboxylic acids is 1. The molecule has 0 radical (unpaired) electrons. The molecule has 0 spiro atoms. The van der Waals surface area contributed by atoms with E-state index in [1.807, 2.05) is 24.3 Å². The predicted molar refractivity (Wildman–Crippen MR) is 106 cm³/mol. The number of hydrogen-bond donors (Lipinski definition) is 1. The van der Waals surface area contributed by atoms with Crippen LogP contribution in [-0.2, 0) is 6.18 Å². The van der Waals surface area contributed by atoms with Crippen molar-refractivity contribution in [2.24, 2.45) is 0 Å². The number of anilines is 2. The Morgan fingerprint density at radius 2 is 1.86 bits per heavy atom. The molecule has 1 fully saturated rings. The van der Waals surface area contributed by atoms with E-state index in [-0.39, 0.29) is 11.7 Å². The van der Waals surface area contributed by atoms with Crippen LogP contribution in [0.2, 0.25) is 0 Å². The zero-order valence-electron chi connectivity index (χ0n) is 16.6. The van der Waals surface area contributed by atoms with Crippen molar-refractivity contribution < 1.29 is 22.7 Å². The number of ether oxygens (including phenoxy) is 1. The fourth-order valence-electron chi connectivity index (χ4n) is 3.52. The number of carbonyl (C=O) groups is 1. The van der Waals surface area contributed by atoms with Gasteiger partial charge in [0.2, 0.25) is 0 Å². The second-order valence-electron chi connectivity index (χ2n) is 7.18. The van der Waals surface area contributed by atoms with Gasteiger partial charge in [-0.15, -0.1) is 0 Å². The van der Waals surface area contributed by atoms with Gasteiger partial charge >= 0.3 is 12.2 Å². The summed E-state index contributed by atoms with van der Waals surface area (Å²) in [6.07, 6.45) is -3.03. The lowest BCUT2D eigenvalue weighted by Crippen LogP contribution is -2.35. The number of methoxy groups -OCH3 is 1. The van der Waals surface area contributed by atoms with Crippen LogP contribution in [0.25, 0.3) is 0 Å². The molecule has 5 nitrogen and oxygen atoms in total. The summed E-state index contributed by atoms with van der Waals surface area (Å²) in [5.41, 5.74) is 0.232. The van der Waals surface area contributed by atoms with Crippen molar-refractivity contribution in [2.45, 2.75) is 25.1 Å². The molecule has 3 rings (SSSR count). The van der Waals surface area contributed by atoms with Crippen LogP contribution in [0, 0.1) is 0 Å². The van der Waals surface area contributed by atoms with E-state index in [1.165, 1.54) is 6.07 Å². The summed E-state index contributed by atoms with van der Waals surface area (Å²) < 4.78 is 45.8. The normalized spacial score (nSPS) is 16.6. The number of nitrogens with one attached hydrogen (secondary N) is 1. The molecule has 8 heteroatoms. The molecule has 0 aromatic heterocycles. The minimum Gasteiger partial charge on any atom is -0.497 e. The molecule has 1 aliphatic heterocycles. The maximum absolute atomic E-state index is 13.5. The largest absolute Gasteiger partial charge is 0.497 e. The summed E-state index contributed by atoms with van der Waals surface area (Å²) in [6.45, 7) is 0.486. The third-order valence-corrected chi connectivity index (χ3v) is 5.08. The van der Waals surface area contributed by atoms with Gasteiger partial charge in [-0.1, -0.05) is 12.1 Å². The van der Waals surface area contributed by atoms with E-state index in [0.717, 1.165) is 24.5 Å².